The number of nitrogens with zero attached hydrogens (tertiary/aromatic N) is 3. The molecule has 0 unspecified atom stereocenters. The second kappa shape index (κ2) is 8.61. The average molecular weight is 438 g/mol. The van der Waals surface area contributed by atoms with Crippen LogP contribution >= 0.6 is 0 Å². The van der Waals surface area contributed by atoms with Gasteiger partial charge in [0.05, 0.1) is 10.6 Å². The van der Waals surface area contributed by atoms with E-state index >= 15 is 0 Å². The predicted molar refractivity (Wildman–Crippen MR) is 119 cm³/mol. The molecule has 1 aromatic heterocycles. The van der Waals surface area contributed by atoms with Crippen LogP contribution in [0.1, 0.15) is 23.7 Å². The summed E-state index contributed by atoms with van der Waals surface area (Å²) in [6.45, 7) is 4.87. The fourth-order valence-electron chi connectivity index (χ4n) is 3.56. The molecule has 0 radical (unpaired) electrons. The van der Waals surface area contributed by atoms with Gasteiger partial charge in [-0.2, -0.15) is 9.40 Å². The Labute approximate surface area is 181 Å². The summed E-state index contributed by atoms with van der Waals surface area (Å²) >= 11 is 0. The SMILES string of the molecule is CCn1cc(CN(Cc2ccc(F)cc2)S(=O)(=O)c2ccc3ccccc3c2)c(C)n1. The average Bonchev–Trinajstić information content (AvgIpc) is 3.13. The lowest BCUT2D eigenvalue weighted by Crippen LogP contribution is -2.30. The Morgan fingerprint density at radius 3 is 2.35 bits per heavy atom. The molecule has 4 aromatic rings. The van der Waals surface area contributed by atoms with Gasteiger partial charge in [-0.3, -0.25) is 4.68 Å². The van der Waals surface area contributed by atoms with Crippen molar-refractivity contribution in [3.05, 3.63) is 95.6 Å². The van der Waals surface area contributed by atoms with Crippen LogP contribution in [0.5, 0.6) is 0 Å². The maximum Gasteiger partial charge on any atom is 0.243 e. The number of fused-ring (bicyclic) bond motifs is 1. The number of sulfonamides is 1. The van der Waals surface area contributed by atoms with Gasteiger partial charge in [-0.1, -0.05) is 42.5 Å². The second-order valence-electron chi connectivity index (χ2n) is 7.50. The summed E-state index contributed by atoms with van der Waals surface area (Å²) in [5, 5.41) is 6.28. The molecule has 3 aromatic carbocycles. The highest BCUT2D eigenvalue weighted by atomic mass is 32.2. The van der Waals surface area contributed by atoms with Crippen molar-refractivity contribution in [2.75, 3.05) is 0 Å². The lowest BCUT2D eigenvalue weighted by molar-refractivity contribution is 0.400. The van der Waals surface area contributed by atoms with Gasteiger partial charge in [0.2, 0.25) is 10.0 Å². The van der Waals surface area contributed by atoms with Crippen molar-refractivity contribution in [3.63, 3.8) is 0 Å². The molecule has 160 valence electrons. The van der Waals surface area contributed by atoms with E-state index in [1.807, 2.05) is 50.4 Å². The van der Waals surface area contributed by atoms with E-state index in [1.165, 1.54) is 16.4 Å². The highest BCUT2D eigenvalue weighted by molar-refractivity contribution is 7.89. The van der Waals surface area contributed by atoms with Crippen LogP contribution < -0.4 is 0 Å². The first-order valence-corrected chi connectivity index (χ1v) is 11.6. The first-order valence-electron chi connectivity index (χ1n) is 10.1. The predicted octanol–water partition coefficient (Wildman–Crippen LogP) is 4.89. The van der Waals surface area contributed by atoms with Crippen LogP contribution in [-0.2, 0) is 29.7 Å². The number of rotatable bonds is 7. The van der Waals surface area contributed by atoms with E-state index in [4.69, 9.17) is 0 Å². The summed E-state index contributed by atoms with van der Waals surface area (Å²) in [6, 6.07) is 18.7. The van der Waals surface area contributed by atoms with E-state index in [0.29, 0.717) is 12.1 Å². The smallest absolute Gasteiger partial charge is 0.243 e. The van der Waals surface area contributed by atoms with Crippen LogP contribution in [0.4, 0.5) is 4.39 Å². The van der Waals surface area contributed by atoms with Crippen molar-refractivity contribution >= 4 is 20.8 Å². The van der Waals surface area contributed by atoms with Crippen LogP contribution in [0.15, 0.2) is 77.8 Å². The Morgan fingerprint density at radius 1 is 0.968 bits per heavy atom. The lowest BCUT2D eigenvalue weighted by atomic mass is 10.1. The maximum atomic E-state index is 13.7. The van der Waals surface area contributed by atoms with Crippen molar-refractivity contribution < 1.29 is 12.8 Å². The van der Waals surface area contributed by atoms with Gasteiger partial charge in [-0.05, 0) is 54.4 Å². The molecule has 0 fully saturated rings. The van der Waals surface area contributed by atoms with E-state index in [0.717, 1.165) is 22.0 Å². The molecule has 0 amide bonds. The quantitative estimate of drug-likeness (QED) is 0.413. The minimum absolute atomic E-state index is 0.131. The summed E-state index contributed by atoms with van der Waals surface area (Å²) in [7, 11) is -3.81. The topological polar surface area (TPSA) is 55.2 Å². The number of hydrogen-bond acceptors (Lipinski definition) is 3. The molecule has 0 bridgehead atoms. The minimum Gasteiger partial charge on any atom is -0.272 e. The van der Waals surface area contributed by atoms with Gasteiger partial charge < -0.3 is 0 Å². The maximum absolute atomic E-state index is 13.7. The van der Waals surface area contributed by atoms with Crippen LogP contribution in [0.25, 0.3) is 10.8 Å². The van der Waals surface area contributed by atoms with Gasteiger partial charge in [-0.25, -0.2) is 12.8 Å². The summed E-state index contributed by atoms with van der Waals surface area (Å²) in [5.74, 6) is -0.354. The molecular weight excluding hydrogens is 413 g/mol. The number of aryl methyl sites for hydroxylation is 2. The Kier molecular flexibility index (Phi) is 5.89. The molecule has 0 N–H and O–H groups in total. The molecule has 4 rings (SSSR count). The van der Waals surface area contributed by atoms with E-state index < -0.39 is 10.0 Å². The molecule has 0 saturated carbocycles. The zero-order valence-electron chi connectivity index (χ0n) is 17.5. The molecule has 5 nitrogen and oxygen atoms in total. The number of hydrogen-bond donors (Lipinski definition) is 0. The fraction of sp³-hybridized carbons (Fsp3) is 0.208. The molecule has 0 aliphatic rings. The monoisotopic (exact) mass is 437 g/mol. The zero-order chi connectivity index (χ0) is 22.0. The van der Waals surface area contributed by atoms with Gasteiger partial charge in [0.25, 0.3) is 0 Å². The largest absolute Gasteiger partial charge is 0.272 e. The first kappa shape index (κ1) is 21.2. The normalized spacial score (nSPS) is 12.0. The van der Waals surface area contributed by atoms with Crippen molar-refractivity contribution in [1.29, 1.82) is 0 Å². The minimum atomic E-state index is -3.81. The Balaban J connectivity index is 1.74. The third-order valence-electron chi connectivity index (χ3n) is 5.35. The number of aromatic nitrogens is 2. The van der Waals surface area contributed by atoms with Gasteiger partial charge >= 0.3 is 0 Å². The van der Waals surface area contributed by atoms with E-state index in [2.05, 4.69) is 5.10 Å². The summed E-state index contributed by atoms with van der Waals surface area (Å²) in [4.78, 5) is 0.230. The Hall–Kier alpha value is -3.03. The number of halogens is 1. The molecule has 1 heterocycles. The van der Waals surface area contributed by atoms with Crippen LogP contribution in [0.3, 0.4) is 0 Å². The molecule has 0 saturated heterocycles. The molecule has 0 atom stereocenters. The fourth-order valence-corrected chi connectivity index (χ4v) is 5.00. The van der Waals surface area contributed by atoms with Gasteiger partial charge in [-0.15, -0.1) is 0 Å². The molecule has 0 aliphatic carbocycles. The first-order chi connectivity index (χ1) is 14.9. The van der Waals surface area contributed by atoms with Gasteiger partial charge in [0.1, 0.15) is 5.82 Å². The van der Waals surface area contributed by atoms with Gasteiger partial charge in [0.15, 0.2) is 0 Å². The van der Waals surface area contributed by atoms with Crippen molar-refractivity contribution in [3.8, 4) is 0 Å². The summed E-state index contributed by atoms with van der Waals surface area (Å²) in [5.41, 5.74) is 2.35. The highest BCUT2D eigenvalue weighted by Gasteiger charge is 2.26. The van der Waals surface area contributed by atoms with Crippen molar-refractivity contribution in [1.82, 2.24) is 14.1 Å². The van der Waals surface area contributed by atoms with Crippen LogP contribution in [-0.4, -0.2) is 22.5 Å². The lowest BCUT2D eigenvalue weighted by Gasteiger charge is -2.22. The van der Waals surface area contributed by atoms with Crippen molar-refractivity contribution in [2.24, 2.45) is 0 Å². The standard InChI is InChI=1S/C24H24FN3O2S/c1-3-27-16-22(18(2)26-27)17-28(15-19-8-11-23(25)12-9-19)31(29,30)24-13-10-20-6-4-5-7-21(20)14-24/h4-14,16H,3,15,17H2,1-2H3. The Bertz CT molecular complexity index is 1310. The molecule has 0 spiro atoms. The molecule has 31 heavy (non-hydrogen) atoms. The third-order valence-corrected chi connectivity index (χ3v) is 7.14. The zero-order valence-corrected chi connectivity index (χ0v) is 18.3. The number of benzene rings is 3. The molecule has 0 aliphatic heterocycles. The second-order valence-corrected chi connectivity index (χ2v) is 9.44. The van der Waals surface area contributed by atoms with E-state index in [-0.39, 0.29) is 23.8 Å². The van der Waals surface area contributed by atoms with Crippen LogP contribution in [0, 0.1) is 12.7 Å². The van der Waals surface area contributed by atoms with Crippen molar-refractivity contribution in [2.45, 2.75) is 38.4 Å². The molecule has 7 heteroatoms. The summed E-state index contributed by atoms with van der Waals surface area (Å²) in [6.07, 6.45) is 1.88. The molecular formula is C24H24FN3O2S. The van der Waals surface area contributed by atoms with Gasteiger partial charge in [0, 0.05) is 31.4 Å². The van der Waals surface area contributed by atoms with Crippen LogP contribution in [0.2, 0.25) is 0 Å². The third kappa shape index (κ3) is 4.52. The highest BCUT2D eigenvalue weighted by Crippen LogP contribution is 2.25. The Morgan fingerprint density at radius 2 is 1.68 bits per heavy atom. The van der Waals surface area contributed by atoms with E-state index in [1.54, 1.807) is 28.9 Å². The van der Waals surface area contributed by atoms with E-state index in [9.17, 15) is 12.8 Å². The summed E-state index contributed by atoms with van der Waals surface area (Å²) < 4.78 is 43.9.